The highest BCUT2D eigenvalue weighted by Gasteiger charge is 2.26. The van der Waals surface area contributed by atoms with Crippen molar-refractivity contribution in [2.75, 3.05) is 0 Å². The van der Waals surface area contributed by atoms with Gasteiger partial charge in [0.2, 0.25) is 0 Å². The van der Waals surface area contributed by atoms with Crippen molar-refractivity contribution in [2.24, 2.45) is 0 Å². The van der Waals surface area contributed by atoms with E-state index in [0.717, 1.165) is 6.42 Å². The van der Waals surface area contributed by atoms with E-state index in [2.05, 4.69) is 0 Å². The van der Waals surface area contributed by atoms with Gasteiger partial charge in [-0.15, -0.1) is 0 Å². The molecule has 1 fully saturated rings. The summed E-state index contributed by atoms with van der Waals surface area (Å²) in [5.41, 5.74) is 1.90. The molecule has 0 spiro atoms. The highest BCUT2D eigenvalue weighted by Crippen LogP contribution is 2.12. The molecule has 1 unspecified atom stereocenters. The number of rotatable bonds is 1. The fourth-order valence-electron chi connectivity index (χ4n) is 0.543. The molecule has 7 heavy (non-hydrogen) atoms. The number of Topliss-reactive ketones (excluding diaryl/α,β-unsaturated/α-hetero) is 1. The van der Waals surface area contributed by atoms with E-state index in [1.165, 1.54) is 0 Å². The van der Waals surface area contributed by atoms with Crippen molar-refractivity contribution in [1.82, 2.24) is 5.48 Å². The van der Waals surface area contributed by atoms with Gasteiger partial charge >= 0.3 is 0 Å². The van der Waals surface area contributed by atoms with Gasteiger partial charge in [-0.25, -0.2) is 0 Å². The minimum Gasteiger partial charge on any atom is -0.316 e. The number of hydrogen-bond acceptors (Lipinski definition) is 3. The second kappa shape index (κ2) is 1.60. The summed E-state index contributed by atoms with van der Waals surface area (Å²) in [6.07, 6.45) is 1.41. The first-order valence-corrected chi connectivity index (χ1v) is 2.27. The Hall–Kier alpha value is -0.410. The second-order valence-corrected chi connectivity index (χ2v) is 1.69. The number of carbonyl (C=O) groups is 1. The fourth-order valence-corrected chi connectivity index (χ4v) is 0.543. The van der Waals surface area contributed by atoms with Crippen LogP contribution in [-0.4, -0.2) is 17.0 Å². The maximum absolute atomic E-state index is 10.2. The van der Waals surface area contributed by atoms with Crippen molar-refractivity contribution in [3.63, 3.8) is 0 Å². The van der Waals surface area contributed by atoms with Crippen molar-refractivity contribution < 1.29 is 10.0 Å². The van der Waals surface area contributed by atoms with Crippen LogP contribution in [0.25, 0.3) is 0 Å². The van der Waals surface area contributed by atoms with E-state index >= 15 is 0 Å². The predicted octanol–water partition coefficient (Wildman–Crippen LogP) is -0.303. The number of hydrogen-bond donors (Lipinski definition) is 2. The number of carbonyl (C=O) groups excluding carboxylic acids is 1. The molecule has 1 aliphatic rings. The molecule has 0 bridgehead atoms. The van der Waals surface area contributed by atoms with Gasteiger partial charge in [0.15, 0.2) is 5.78 Å². The first-order chi connectivity index (χ1) is 3.34. The van der Waals surface area contributed by atoms with Gasteiger partial charge < -0.3 is 5.21 Å². The van der Waals surface area contributed by atoms with Crippen LogP contribution in [0.3, 0.4) is 0 Å². The van der Waals surface area contributed by atoms with Crippen LogP contribution in [0.4, 0.5) is 0 Å². The molecule has 1 aliphatic carbocycles. The predicted molar refractivity (Wildman–Crippen MR) is 23.0 cm³/mol. The van der Waals surface area contributed by atoms with Crippen molar-refractivity contribution in [3.05, 3.63) is 0 Å². The first-order valence-electron chi connectivity index (χ1n) is 2.27. The van der Waals surface area contributed by atoms with E-state index in [9.17, 15) is 4.79 Å². The molecule has 0 radical (unpaired) electrons. The van der Waals surface area contributed by atoms with Gasteiger partial charge in [0.05, 0.1) is 6.04 Å². The molecule has 0 saturated heterocycles. The zero-order valence-corrected chi connectivity index (χ0v) is 3.85. The summed E-state index contributed by atoms with van der Waals surface area (Å²) in [5, 5.41) is 8.09. The highest BCUT2D eigenvalue weighted by molar-refractivity contribution is 5.89. The lowest BCUT2D eigenvalue weighted by atomic mass is 9.92. The monoisotopic (exact) mass is 101 g/mol. The first kappa shape index (κ1) is 4.74. The van der Waals surface area contributed by atoms with Crippen molar-refractivity contribution in [2.45, 2.75) is 18.9 Å². The largest absolute Gasteiger partial charge is 0.316 e. The van der Waals surface area contributed by atoms with Crippen molar-refractivity contribution >= 4 is 5.78 Å². The lowest BCUT2D eigenvalue weighted by Gasteiger charge is -2.20. The summed E-state index contributed by atoms with van der Waals surface area (Å²) >= 11 is 0. The van der Waals surface area contributed by atoms with E-state index in [4.69, 9.17) is 5.21 Å². The zero-order valence-electron chi connectivity index (χ0n) is 3.85. The standard InChI is InChI=1S/C4H7NO2/c6-4-2-1-3(4)5-7/h3,5,7H,1-2H2. The molecule has 0 aromatic heterocycles. The van der Waals surface area contributed by atoms with Crippen LogP contribution in [0, 0.1) is 0 Å². The molecule has 0 aliphatic heterocycles. The van der Waals surface area contributed by atoms with Crippen molar-refractivity contribution in [1.29, 1.82) is 0 Å². The van der Waals surface area contributed by atoms with Gasteiger partial charge in [0, 0.05) is 6.42 Å². The molecule has 0 aromatic rings. The molecular weight excluding hydrogens is 94.0 g/mol. The summed E-state index contributed by atoms with van der Waals surface area (Å²) in [4.78, 5) is 10.2. The Labute approximate surface area is 41.3 Å². The second-order valence-electron chi connectivity index (χ2n) is 1.69. The third kappa shape index (κ3) is 0.642. The van der Waals surface area contributed by atoms with Gasteiger partial charge in [-0.1, -0.05) is 0 Å². The average molecular weight is 101 g/mol. The van der Waals surface area contributed by atoms with Crippen LogP contribution in [0.15, 0.2) is 0 Å². The van der Waals surface area contributed by atoms with E-state index < -0.39 is 0 Å². The summed E-state index contributed by atoms with van der Waals surface area (Å²) in [6.45, 7) is 0. The number of hydroxylamine groups is 1. The van der Waals surface area contributed by atoms with E-state index in [1.807, 2.05) is 5.48 Å². The molecule has 0 heterocycles. The molecule has 0 aromatic carbocycles. The van der Waals surface area contributed by atoms with Crippen LogP contribution < -0.4 is 5.48 Å². The Bertz CT molecular complexity index is 89.7. The topological polar surface area (TPSA) is 49.3 Å². The number of nitrogens with one attached hydrogen (secondary N) is 1. The van der Waals surface area contributed by atoms with Crippen LogP contribution in [-0.2, 0) is 4.79 Å². The van der Waals surface area contributed by atoms with Gasteiger partial charge in [-0.05, 0) is 6.42 Å². The molecule has 40 valence electrons. The van der Waals surface area contributed by atoms with Crippen LogP contribution in [0.5, 0.6) is 0 Å². The Morgan fingerprint density at radius 1 is 1.86 bits per heavy atom. The van der Waals surface area contributed by atoms with E-state index in [0.29, 0.717) is 6.42 Å². The maximum atomic E-state index is 10.2. The molecule has 1 atom stereocenters. The molecule has 3 heteroatoms. The summed E-state index contributed by atoms with van der Waals surface area (Å²) in [5.74, 6) is 0.113. The van der Waals surface area contributed by atoms with Crippen LogP contribution in [0.1, 0.15) is 12.8 Å². The third-order valence-electron chi connectivity index (χ3n) is 1.22. The average Bonchev–Trinajstić information content (AvgIpc) is 1.65. The highest BCUT2D eigenvalue weighted by atomic mass is 16.5. The Morgan fingerprint density at radius 2 is 2.57 bits per heavy atom. The Balaban J connectivity index is 2.29. The molecule has 1 saturated carbocycles. The lowest BCUT2D eigenvalue weighted by molar-refractivity contribution is -0.130. The fraction of sp³-hybridized carbons (Fsp3) is 0.750. The summed E-state index contributed by atoms with van der Waals surface area (Å²) < 4.78 is 0. The van der Waals surface area contributed by atoms with Gasteiger partial charge in [0.25, 0.3) is 0 Å². The zero-order chi connectivity index (χ0) is 5.28. The SMILES string of the molecule is O=C1CCC1NO. The summed E-state index contributed by atoms with van der Waals surface area (Å²) in [7, 11) is 0. The Kier molecular flexibility index (Phi) is 1.08. The lowest BCUT2D eigenvalue weighted by Crippen LogP contribution is -2.42. The quantitative estimate of drug-likeness (QED) is 0.446. The van der Waals surface area contributed by atoms with E-state index in [1.54, 1.807) is 0 Å². The van der Waals surface area contributed by atoms with Crippen LogP contribution in [0.2, 0.25) is 0 Å². The van der Waals surface area contributed by atoms with Crippen molar-refractivity contribution in [3.8, 4) is 0 Å². The van der Waals surface area contributed by atoms with E-state index in [-0.39, 0.29) is 11.8 Å². The van der Waals surface area contributed by atoms with Crippen LogP contribution >= 0.6 is 0 Å². The van der Waals surface area contributed by atoms with Gasteiger partial charge in [-0.3, -0.25) is 4.79 Å². The molecular formula is C4H7NO2. The summed E-state index contributed by atoms with van der Waals surface area (Å²) in [6, 6.07) is -0.250. The van der Waals surface area contributed by atoms with Gasteiger partial charge in [0.1, 0.15) is 0 Å². The minimum absolute atomic E-state index is 0.113. The van der Waals surface area contributed by atoms with Gasteiger partial charge in [-0.2, -0.15) is 5.48 Å². The molecule has 1 rings (SSSR count). The minimum atomic E-state index is -0.250. The molecule has 2 N–H and O–H groups in total. The third-order valence-corrected chi connectivity index (χ3v) is 1.22. The smallest absolute Gasteiger partial charge is 0.152 e. The normalized spacial score (nSPS) is 29.9. The molecule has 0 amide bonds. The maximum Gasteiger partial charge on any atom is 0.152 e. The number of ketones is 1. The molecule has 3 nitrogen and oxygen atoms in total. The Morgan fingerprint density at radius 3 is 2.57 bits per heavy atom.